The summed E-state index contributed by atoms with van der Waals surface area (Å²) in [5, 5.41) is 7.28. The molecule has 0 aliphatic carbocycles. The molecule has 1 atom stereocenters. The minimum Gasteiger partial charge on any atom is -0.497 e. The molecule has 0 bridgehead atoms. The van der Waals surface area contributed by atoms with Crippen molar-refractivity contribution in [1.29, 1.82) is 0 Å². The Balaban J connectivity index is 1.91. The van der Waals surface area contributed by atoms with Gasteiger partial charge in [-0.15, -0.1) is 0 Å². The van der Waals surface area contributed by atoms with Gasteiger partial charge in [-0.2, -0.15) is 0 Å². The highest BCUT2D eigenvalue weighted by Gasteiger charge is 2.18. The van der Waals surface area contributed by atoms with Gasteiger partial charge in [-0.1, -0.05) is 37.6 Å². The van der Waals surface area contributed by atoms with E-state index in [4.69, 9.17) is 17.0 Å². The van der Waals surface area contributed by atoms with Gasteiger partial charge in [-0.05, 0) is 54.9 Å². The van der Waals surface area contributed by atoms with Crippen LogP contribution in [0.3, 0.4) is 0 Å². The van der Waals surface area contributed by atoms with E-state index in [2.05, 4.69) is 68.1 Å². The molecule has 2 aromatic carbocycles. The summed E-state index contributed by atoms with van der Waals surface area (Å²) in [6.07, 6.45) is 3.58. The van der Waals surface area contributed by atoms with Crippen LogP contribution in [0, 0.1) is 0 Å². The Morgan fingerprint density at radius 3 is 2.52 bits per heavy atom. The number of likely N-dealkylation sites (N-methyl/N-ethyl adjacent to an activating group) is 1. The van der Waals surface area contributed by atoms with Crippen molar-refractivity contribution >= 4 is 23.0 Å². The number of anilines is 1. The number of methoxy groups -OCH3 is 1. The van der Waals surface area contributed by atoms with E-state index in [1.807, 2.05) is 12.1 Å². The first-order chi connectivity index (χ1) is 13.0. The number of hydrogen-bond acceptors (Lipinski definition) is 2. The maximum atomic E-state index is 5.49. The molecule has 0 radical (unpaired) electrons. The summed E-state index contributed by atoms with van der Waals surface area (Å²) in [4.78, 5) is 1.33. The van der Waals surface area contributed by atoms with Crippen molar-refractivity contribution in [2.75, 3.05) is 33.1 Å². The number of unbranched alkanes of at least 4 members (excludes halogenated alkanes) is 1. The molecule has 2 rings (SSSR count). The molecule has 0 saturated carbocycles. The molecule has 5 heteroatoms. The van der Waals surface area contributed by atoms with Crippen molar-refractivity contribution < 1.29 is 9.64 Å². The third-order valence-corrected chi connectivity index (χ3v) is 4.94. The Morgan fingerprint density at radius 1 is 1.15 bits per heavy atom. The molecule has 27 heavy (non-hydrogen) atoms. The fourth-order valence-corrected chi connectivity index (χ4v) is 3.22. The van der Waals surface area contributed by atoms with Gasteiger partial charge in [0.25, 0.3) is 0 Å². The summed E-state index contributed by atoms with van der Waals surface area (Å²) in [6.45, 7) is 2.96. The zero-order valence-corrected chi connectivity index (χ0v) is 17.7. The molecule has 0 fully saturated rings. The second kappa shape index (κ2) is 10.9. The minimum absolute atomic E-state index is 0.274. The Bertz CT molecular complexity index is 716. The second-order valence-electron chi connectivity index (χ2n) is 7.04. The monoisotopic (exact) mass is 386 g/mol. The van der Waals surface area contributed by atoms with Gasteiger partial charge in [-0.25, -0.2) is 0 Å². The number of ether oxygens (including phenoxy) is 1. The molecule has 0 spiro atoms. The molecule has 0 unspecified atom stereocenters. The zero-order valence-electron chi connectivity index (χ0n) is 16.8. The topological polar surface area (TPSA) is 37.7 Å². The predicted octanol–water partition coefficient (Wildman–Crippen LogP) is 3.21. The van der Waals surface area contributed by atoms with Gasteiger partial charge in [0.1, 0.15) is 11.8 Å². The highest BCUT2D eigenvalue weighted by Crippen LogP contribution is 2.17. The summed E-state index contributed by atoms with van der Waals surface area (Å²) in [7, 11) is 6.00. The van der Waals surface area contributed by atoms with Gasteiger partial charge < -0.3 is 20.3 Å². The number of benzene rings is 2. The molecule has 0 aliphatic rings. The summed E-state index contributed by atoms with van der Waals surface area (Å²) < 4.78 is 5.36. The van der Waals surface area contributed by atoms with Crippen LogP contribution in [0.5, 0.6) is 5.75 Å². The maximum absolute atomic E-state index is 5.49. The Kier molecular flexibility index (Phi) is 8.55. The van der Waals surface area contributed by atoms with Crippen molar-refractivity contribution in [3.63, 3.8) is 0 Å². The zero-order chi connectivity index (χ0) is 19.6. The first kappa shape index (κ1) is 21.2. The lowest BCUT2D eigenvalue weighted by Crippen LogP contribution is -3.07. The lowest BCUT2D eigenvalue weighted by atomic mass is 10.1. The van der Waals surface area contributed by atoms with E-state index in [0.29, 0.717) is 5.11 Å². The quantitative estimate of drug-likeness (QED) is 0.579. The number of thiocarbonyl (C=S) groups is 1. The van der Waals surface area contributed by atoms with E-state index >= 15 is 0 Å². The van der Waals surface area contributed by atoms with Crippen molar-refractivity contribution in [1.82, 2.24) is 5.32 Å². The normalized spacial score (nSPS) is 11.9. The Hall–Kier alpha value is -2.11. The molecule has 3 N–H and O–H groups in total. The van der Waals surface area contributed by atoms with Crippen LogP contribution in [-0.2, 0) is 6.42 Å². The first-order valence-electron chi connectivity index (χ1n) is 9.61. The summed E-state index contributed by atoms with van der Waals surface area (Å²) in [5.74, 6) is 0.877. The van der Waals surface area contributed by atoms with Gasteiger partial charge >= 0.3 is 0 Å². The number of rotatable bonds is 9. The molecular formula is C22H32N3OS+. The van der Waals surface area contributed by atoms with Crippen LogP contribution in [0.4, 0.5) is 5.69 Å². The van der Waals surface area contributed by atoms with Crippen LogP contribution < -0.4 is 20.3 Å². The van der Waals surface area contributed by atoms with Gasteiger partial charge in [0.2, 0.25) is 0 Å². The molecule has 0 saturated heterocycles. The molecule has 2 aromatic rings. The van der Waals surface area contributed by atoms with Gasteiger partial charge in [0.05, 0.1) is 27.7 Å². The van der Waals surface area contributed by atoms with Gasteiger partial charge in [0.15, 0.2) is 5.11 Å². The predicted molar refractivity (Wildman–Crippen MR) is 118 cm³/mol. The summed E-state index contributed by atoms with van der Waals surface area (Å²) in [5.41, 5.74) is 3.61. The molecule has 0 amide bonds. The van der Waals surface area contributed by atoms with E-state index in [1.165, 1.54) is 28.9 Å². The highest BCUT2D eigenvalue weighted by molar-refractivity contribution is 7.80. The minimum atomic E-state index is 0.274. The van der Waals surface area contributed by atoms with Crippen LogP contribution in [0.15, 0.2) is 48.5 Å². The molecule has 4 nitrogen and oxygen atoms in total. The number of quaternary nitrogens is 1. The largest absolute Gasteiger partial charge is 0.497 e. The standard InChI is InChI=1S/C22H31N3OS/c1-5-6-8-17-11-13-19(14-12-17)24-22(27)23-16-21(25(2)3)18-9-7-10-20(15-18)26-4/h7,9-15,21H,5-6,8,16H2,1-4H3,(H2,23,24,27)/p+1/t21-/m1/s1. The van der Waals surface area contributed by atoms with Crippen LogP contribution >= 0.6 is 12.2 Å². The lowest BCUT2D eigenvalue weighted by molar-refractivity contribution is -0.890. The average molecular weight is 387 g/mol. The highest BCUT2D eigenvalue weighted by atomic mass is 32.1. The van der Waals surface area contributed by atoms with Crippen molar-refractivity contribution in [3.05, 3.63) is 59.7 Å². The molecule has 0 aliphatic heterocycles. The third kappa shape index (κ3) is 6.85. The Labute approximate surface area is 168 Å². The van der Waals surface area contributed by atoms with E-state index in [1.54, 1.807) is 7.11 Å². The van der Waals surface area contributed by atoms with Crippen LogP contribution in [-0.4, -0.2) is 32.9 Å². The van der Waals surface area contributed by atoms with Crippen molar-refractivity contribution in [2.45, 2.75) is 32.2 Å². The maximum Gasteiger partial charge on any atom is 0.171 e. The average Bonchev–Trinajstić information content (AvgIpc) is 2.67. The number of hydrogen-bond donors (Lipinski definition) is 3. The van der Waals surface area contributed by atoms with Crippen LogP contribution in [0.2, 0.25) is 0 Å². The molecule has 0 aromatic heterocycles. The molecule has 0 heterocycles. The number of aryl methyl sites for hydroxylation is 1. The number of nitrogens with one attached hydrogen (secondary N) is 3. The fraction of sp³-hybridized carbons (Fsp3) is 0.409. The van der Waals surface area contributed by atoms with Crippen LogP contribution in [0.25, 0.3) is 0 Å². The lowest BCUT2D eigenvalue weighted by Gasteiger charge is -2.23. The van der Waals surface area contributed by atoms with E-state index in [0.717, 1.165) is 24.4 Å². The van der Waals surface area contributed by atoms with E-state index < -0.39 is 0 Å². The van der Waals surface area contributed by atoms with Crippen molar-refractivity contribution in [2.24, 2.45) is 0 Å². The first-order valence-corrected chi connectivity index (χ1v) is 10.0. The molecule has 146 valence electrons. The Morgan fingerprint density at radius 2 is 1.89 bits per heavy atom. The van der Waals surface area contributed by atoms with E-state index in [-0.39, 0.29) is 6.04 Å². The summed E-state index contributed by atoms with van der Waals surface area (Å²) >= 11 is 5.49. The van der Waals surface area contributed by atoms with Crippen molar-refractivity contribution in [3.8, 4) is 5.75 Å². The van der Waals surface area contributed by atoms with Gasteiger partial charge in [0, 0.05) is 11.3 Å². The fourth-order valence-electron chi connectivity index (χ4n) is 3.02. The SMILES string of the molecule is CCCCc1ccc(NC(=S)NC[C@H](c2cccc(OC)c2)[NH+](C)C)cc1. The van der Waals surface area contributed by atoms with Crippen LogP contribution in [0.1, 0.15) is 36.9 Å². The smallest absolute Gasteiger partial charge is 0.171 e. The van der Waals surface area contributed by atoms with Gasteiger partial charge in [-0.3, -0.25) is 0 Å². The third-order valence-electron chi connectivity index (χ3n) is 4.69. The molecular weight excluding hydrogens is 354 g/mol. The second-order valence-corrected chi connectivity index (χ2v) is 7.45. The van der Waals surface area contributed by atoms with E-state index in [9.17, 15) is 0 Å². The summed E-state index contributed by atoms with van der Waals surface area (Å²) in [6, 6.07) is 17.0.